The molecule has 0 aromatic heterocycles. The summed E-state index contributed by atoms with van der Waals surface area (Å²) in [5.41, 5.74) is -1.26. The standard InChI is InChI=1S/C14H18BrNO4/c1-3-8-14(2,13(18)19)16-12(17)9-20-11-7-5-4-6-10(11)15/h4-7H,3,8-9H2,1-2H3,(H,16,17)(H,18,19). The zero-order chi connectivity index (χ0) is 15.2. The molecular weight excluding hydrogens is 326 g/mol. The number of rotatable bonds is 7. The zero-order valence-electron chi connectivity index (χ0n) is 11.5. The van der Waals surface area contributed by atoms with Crippen molar-refractivity contribution in [2.75, 3.05) is 6.61 Å². The molecule has 0 radical (unpaired) electrons. The van der Waals surface area contributed by atoms with E-state index in [4.69, 9.17) is 4.74 Å². The number of carbonyl (C=O) groups excluding carboxylic acids is 1. The molecule has 1 unspecified atom stereocenters. The molecule has 0 saturated heterocycles. The number of aliphatic carboxylic acids is 1. The van der Waals surface area contributed by atoms with Crippen LogP contribution < -0.4 is 10.1 Å². The van der Waals surface area contributed by atoms with E-state index in [1.54, 1.807) is 18.2 Å². The van der Waals surface area contributed by atoms with Gasteiger partial charge in [0.2, 0.25) is 0 Å². The van der Waals surface area contributed by atoms with Crippen LogP contribution in [0.15, 0.2) is 28.7 Å². The molecule has 2 N–H and O–H groups in total. The Hall–Kier alpha value is -1.56. The van der Waals surface area contributed by atoms with Gasteiger partial charge in [0.15, 0.2) is 6.61 Å². The first kappa shape index (κ1) is 16.5. The van der Waals surface area contributed by atoms with Crippen molar-refractivity contribution in [3.63, 3.8) is 0 Å². The summed E-state index contributed by atoms with van der Waals surface area (Å²) in [4.78, 5) is 23.0. The van der Waals surface area contributed by atoms with E-state index >= 15 is 0 Å². The number of halogens is 1. The second kappa shape index (κ2) is 7.28. The Kier molecular flexibility index (Phi) is 6.01. The quantitative estimate of drug-likeness (QED) is 0.797. The number of carbonyl (C=O) groups is 2. The Morgan fingerprint density at radius 2 is 2.05 bits per heavy atom. The summed E-state index contributed by atoms with van der Waals surface area (Å²) in [5, 5.41) is 11.7. The SMILES string of the molecule is CCCC(C)(NC(=O)COc1ccccc1Br)C(=O)O. The van der Waals surface area contributed by atoms with Gasteiger partial charge in [-0.3, -0.25) is 4.79 Å². The molecular formula is C14H18BrNO4. The number of nitrogens with one attached hydrogen (secondary N) is 1. The second-order valence-corrected chi connectivity index (χ2v) is 5.51. The smallest absolute Gasteiger partial charge is 0.329 e. The summed E-state index contributed by atoms with van der Waals surface area (Å²) < 4.78 is 6.09. The van der Waals surface area contributed by atoms with Gasteiger partial charge in [-0.1, -0.05) is 25.5 Å². The molecule has 20 heavy (non-hydrogen) atoms. The first-order valence-corrected chi connectivity index (χ1v) is 7.10. The molecule has 0 spiro atoms. The van der Waals surface area contributed by atoms with Gasteiger partial charge in [0.25, 0.3) is 5.91 Å². The first-order chi connectivity index (χ1) is 9.39. The number of hydrogen-bond donors (Lipinski definition) is 2. The highest BCUT2D eigenvalue weighted by molar-refractivity contribution is 9.10. The molecule has 1 atom stereocenters. The van der Waals surface area contributed by atoms with E-state index in [1.807, 2.05) is 13.0 Å². The van der Waals surface area contributed by atoms with Crippen molar-refractivity contribution >= 4 is 27.8 Å². The molecule has 0 aliphatic carbocycles. The largest absolute Gasteiger partial charge is 0.483 e. The van der Waals surface area contributed by atoms with Gasteiger partial charge in [-0.05, 0) is 41.4 Å². The van der Waals surface area contributed by atoms with Crippen LogP contribution >= 0.6 is 15.9 Å². The average Bonchev–Trinajstić information content (AvgIpc) is 2.38. The molecule has 6 heteroatoms. The molecule has 0 aliphatic heterocycles. The van der Waals surface area contributed by atoms with Crippen LogP contribution in [-0.4, -0.2) is 29.1 Å². The number of ether oxygens (including phenoxy) is 1. The number of benzene rings is 1. The Morgan fingerprint density at radius 1 is 1.40 bits per heavy atom. The van der Waals surface area contributed by atoms with Crippen molar-refractivity contribution in [3.05, 3.63) is 28.7 Å². The minimum atomic E-state index is -1.26. The number of carboxylic acids is 1. The van der Waals surface area contributed by atoms with Gasteiger partial charge in [0.1, 0.15) is 11.3 Å². The van der Waals surface area contributed by atoms with E-state index in [9.17, 15) is 14.7 Å². The van der Waals surface area contributed by atoms with E-state index in [0.717, 1.165) is 4.47 Å². The zero-order valence-corrected chi connectivity index (χ0v) is 13.1. The second-order valence-electron chi connectivity index (χ2n) is 4.65. The number of para-hydroxylation sites is 1. The molecule has 0 saturated carbocycles. The number of amides is 1. The van der Waals surface area contributed by atoms with E-state index in [2.05, 4.69) is 21.2 Å². The van der Waals surface area contributed by atoms with Crippen molar-refractivity contribution in [3.8, 4) is 5.75 Å². The lowest BCUT2D eigenvalue weighted by molar-refractivity contribution is -0.147. The van der Waals surface area contributed by atoms with Crippen molar-refractivity contribution in [2.24, 2.45) is 0 Å². The highest BCUT2D eigenvalue weighted by Crippen LogP contribution is 2.23. The summed E-state index contributed by atoms with van der Waals surface area (Å²) >= 11 is 3.31. The highest BCUT2D eigenvalue weighted by Gasteiger charge is 2.33. The topological polar surface area (TPSA) is 75.6 Å². The molecule has 1 aromatic rings. The predicted octanol–water partition coefficient (Wildman–Crippen LogP) is 2.59. The lowest BCUT2D eigenvalue weighted by Gasteiger charge is -2.25. The van der Waals surface area contributed by atoms with Crippen LogP contribution in [0.4, 0.5) is 0 Å². The van der Waals surface area contributed by atoms with Gasteiger partial charge in [0, 0.05) is 0 Å². The molecule has 0 fully saturated rings. The van der Waals surface area contributed by atoms with Crippen LogP contribution in [-0.2, 0) is 9.59 Å². The van der Waals surface area contributed by atoms with Crippen molar-refractivity contribution in [1.29, 1.82) is 0 Å². The fourth-order valence-corrected chi connectivity index (χ4v) is 2.17. The minimum absolute atomic E-state index is 0.227. The fraction of sp³-hybridized carbons (Fsp3) is 0.429. The van der Waals surface area contributed by atoms with Crippen LogP contribution in [0.25, 0.3) is 0 Å². The van der Waals surface area contributed by atoms with Crippen LogP contribution in [0.5, 0.6) is 5.75 Å². The van der Waals surface area contributed by atoms with Gasteiger partial charge in [-0.25, -0.2) is 4.79 Å². The van der Waals surface area contributed by atoms with E-state index in [-0.39, 0.29) is 6.61 Å². The van der Waals surface area contributed by atoms with Crippen molar-refractivity contribution in [2.45, 2.75) is 32.2 Å². The fourth-order valence-electron chi connectivity index (χ4n) is 1.77. The van der Waals surface area contributed by atoms with E-state index in [0.29, 0.717) is 18.6 Å². The summed E-state index contributed by atoms with van der Waals surface area (Å²) in [6.07, 6.45) is 1.03. The summed E-state index contributed by atoms with van der Waals surface area (Å²) in [5.74, 6) is -0.970. The Labute approximate surface area is 126 Å². The van der Waals surface area contributed by atoms with Gasteiger partial charge in [0.05, 0.1) is 4.47 Å². The normalized spacial score (nSPS) is 13.3. The molecule has 0 bridgehead atoms. The Morgan fingerprint density at radius 3 is 2.60 bits per heavy atom. The molecule has 1 amide bonds. The number of hydrogen-bond acceptors (Lipinski definition) is 3. The summed E-state index contributed by atoms with van der Waals surface area (Å²) in [6.45, 7) is 3.13. The summed E-state index contributed by atoms with van der Waals surface area (Å²) in [7, 11) is 0. The maximum atomic E-state index is 11.8. The minimum Gasteiger partial charge on any atom is -0.483 e. The van der Waals surface area contributed by atoms with Gasteiger partial charge >= 0.3 is 5.97 Å². The molecule has 5 nitrogen and oxygen atoms in total. The lowest BCUT2D eigenvalue weighted by Crippen LogP contribution is -2.53. The maximum Gasteiger partial charge on any atom is 0.329 e. The van der Waals surface area contributed by atoms with Crippen LogP contribution in [0.1, 0.15) is 26.7 Å². The molecule has 1 aromatic carbocycles. The number of carboxylic acid groups (broad SMARTS) is 1. The van der Waals surface area contributed by atoms with Crippen LogP contribution in [0.3, 0.4) is 0 Å². The third kappa shape index (κ3) is 4.52. The predicted molar refractivity (Wildman–Crippen MR) is 78.7 cm³/mol. The third-order valence-electron chi connectivity index (χ3n) is 2.83. The molecule has 0 heterocycles. The molecule has 0 aliphatic rings. The monoisotopic (exact) mass is 343 g/mol. The maximum absolute atomic E-state index is 11.8. The Bertz CT molecular complexity index is 492. The van der Waals surface area contributed by atoms with Crippen molar-refractivity contribution < 1.29 is 19.4 Å². The highest BCUT2D eigenvalue weighted by atomic mass is 79.9. The lowest BCUT2D eigenvalue weighted by atomic mass is 9.96. The molecule has 110 valence electrons. The van der Waals surface area contributed by atoms with Crippen LogP contribution in [0, 0.1) is 0 Å². The van der Waals surface area contributed by atoms with Gasteiger partial charge < -0.3 is 15.2 Å². The Balaban J connectivity index is 2.59. The summed E-state index contributed by atoms with van der Waals surface area (Å²) in [6, 6.07) is 7.14. The van der Waals surface area contributed by atoms with E-state index < -0.39 is 17.4 Å². The third-order valence-corrected chi connectivity index (χ3v) is 3.49. The average molecular weight is 344 g/mol. The first-order valence-electron chi connectivity index (χ1n) is 6.31. The molecule has 1 rings (SSSR count). The van der Waals surface area contributed by atoms with Gasteiger partial charge in [-0.15, -0.1) is 0 Å². The van der Waals surface area contributed by atoms with E-state index in [1.165, 1.54) is 6.92 Å². The van der Waals surface area contributed by atoms with Crippen molar-refractivity contribution in [1.82, 2.24) is 5.32 Å². The van der Waals surface area contributed by atoms with Crippen LogP contribution in [0.2, 0.25) is 0 Å². The van der Waals surface area contributed by atoms with Gasteiger partial charge in [-0.2, -0.15) is 0 Å².